The van der Waals surface area contributed by atoms with Crippen molar-refractivity contribution in [3.8, 4) is 5.75 Å². The number of hydrogen-bond donors (Lipinski definition) is 0. The molecule has 1 rings (SSSR count). The predicted octanol–water partition coefficient (Wildman–Crippen LogP) is 2.08. The van der Waals surface area contributed by atoms with Gasteiger partial charge in [-0.2, -0.15) is 0 Å². The van der Waals surface area contributed by atoms with Gasteiger partial charge < -0.3 is 14.5 Å². The highest BCUT2D eigenvalue weighted by molar-refractivity contribution is 5.33. The van der Waals surface area contributed by atoms with E-state index in [0.717, 1.165) is 32.0 Å². The Kier molecular flexibility index (Phi) is 6.01. The van der Waals surface area contributed by atoms with E-state index < -0.39 is 0 Å². The number of nitrogens with zero attached hydrogens (tertiary/aromatic N) is 2. The molecule has 0 aliphatic heterocycles. The molecule has 0 aromatic heterocycles. The third kappa shape index (κ3) is 5.20. The molecule has 0 aliphatic carbocycles. The summed E-state index contributed by atoms with van der Waals surface area (Å²) in [5, 5.41) is 0. The summed E-state index contributed by atoms with van der Waals surface area (Å²) in [6.07, 6.45) is 0. The lowest BCUT2D eigenvalue weighted by molar-refractivity contribution is 0.269. The zero-order valence-corrected chi connectivity index (χ0v) is 11.4. The van der Waals surface area contributed by atoms with Crippen LogP contribution in [0, 0.1) is 0 Å². The van der Waals surface area contributed by atoms with Crippen molar-refractivity contribution in [3.63, 3.8) is 0 Å². The second kappa shape index (κ2) is 7.30. The summed E-state index contributed by atoms with van der Waals surface area (Å²) in [6.45, 7) is 5.82. The fraction of sp³-hybridized carbons (Fsp3) is 0.571. The molecule has 96 valence electrons. The van der Waals surface area contributed by atoms with Crippen molar-refractivity contribution in [2.24, 2.45) is 0 Å². The second-order valence-electron chi connectivity index (χ2n) is 4.58. The summed E-state index contributed by atoms with van der Waals surface area (Å²) in [5.41, 5.74) is 1.26. The van der Waals surface area contributed by atoms with E-state index in [9.17, 15) is 0 Å². The molecule has 0 bridgehead atoms. The first-order valence-corrected chi connectivity index (χ1v) is 6.17. The third-order valence-corrected chi connectivity index (χ3v) is 2.64. The Morgan fingerprint density at radius 1 is 1.06 bits per heavy atom. The summed E-state index contributed by atoms with van der Waals surface area (Å²) >= 11 is 0. The van der Waals surface area contributed by atoms with Crippen LogP contribution in [0.15, 0.2) is 24.3 Å². The average molecular weight is 236 g/mol. The van der Waals surface area contributed by atoms with E-state index in [1.165, 1.54) is 5.56 Å². The molecule has 0 radical (unpaired) electrons. The fourth-order valence-electron chi connectivity index (χ4n) is 1.67. The molecule has 0 fully saturated rings. The topological polar surface area (TPSA) is 15.7 Å². The van der Waals surface area contributed by atoms with Crippen molar-refractivity contribution >= 4 is 0 Å². The molecule has 0 N–H and O–H groups in total. The molecule has 0 saturated carbocycles. The molecule has 3 nitrogen and oxygen atoms in total. The van der Waals surface area contributed by atoms with E-state index in [1.807, 2.05) is 19.1 Å². The minimum Gasteiger partial charge on any atom is -0.494 e. The number of para-hydroxylation sites is 1. The van der Waals surface area contributed by atoms with E-state index in [1.54, 1.807) is 0 Å². The van der Waals surface area contributed by atoms with E-state index >= 15 is 0 Å². The summed E-state index contributed by atoms with van der Waals surface area (Å²) < 4.78 is 5.63. The zero-order valence-electron chi connectivity index (χ0n) is 11.4. The first-order valence-electron chi connectivity index (χ1n) is 6.17. The smallest absolute Gasteiger partial charge is 0.123 e. The molecule has 0 unspecified atom stereocenters. The van der Waals surface area contributed by atoms with E-state index in [2.05, 4.69) is 43.1 Å². The number of benzene rings is 1. The van der Waals surface area contributed by atoms with Gasteiger partial charge in [-0.25, -0.2) is 0 Å². The van der Waals surface area contributed by atoms with Gasteiger partial charge in [0.05, 0.1) is 6.61 Å². The molecular weight excluding hydrogens is 212 g/mol. The lowest BCUT2D eigenvalue weighted by Gasteiger charge is -2.20. The van der Waals surface area contributed by atoms with E-state index in [0.29, 0.717) is 0 Å². The molecule has 0 saturated heterocycles. The van der Waals surface area contributed by atoms with Crippen LogP contribution in [-0.4, -0.2) is 50.6 Å². The van der Waals surface area contributed by atoms with Gasteiger partial charge in [-0.3, -0.25) is 0 Å². The summed E-state index contributed by atoms with van der Waals surface area (Å²) in [6, 6.07) is 8.27. The van der Waals surface area contributed by atoms with Crippen LogP contribution < -0.4 is 4.74 Å². The van der Waals surface area contributed by atoms with Gasteiger partial charge in [-0.05, 0) is 34.1 Å². The zero-order chi connectivity index (χ0) is 12.7. The Labute approximate surface area is 105 Å². The molecule has 0 heterocycles. The Morgan fingerprint density at radius 2 is 1.76 bits per heavy atom. The molecule has 0 spiro atoms. The Hall–Kier alpha value is -1.06. The third-order valence-electron chi connectivity index (χ3n) is 2.64. The van der Waals surface area contributed by atoms with Crippen LogP contribution in [0.1, 0.15) is 12.5 Å². The number of likely N-dealkylation sites (N-methyl/N-ethyl adjacent to an activating group) is 2. The van der Waals surface area contributed by atoms with Gasteiger partial charge in [0.15, 0.2) is 0 Å². The van der Waals surface area contributed by atoms with Crippen LogP contribution >= 0.6 is 0 Å². The first-order chi connectivity index (χ1) is 8.13. The second-order valence-corrected chi connectivity index (χ2v) is 4.58. The number of ether oxygens (including phenoxy) is 1. The largest absolute Gasteiger partial charge is 0.494 e. The van der Waals surface area contributed by atoms with Gasteiger partial charge in [0.1, 0.15) is 5.75 Å². The quantitative estimate of drug-likeness (QED) is 0.721. The fourth-order valence-corrected chi connectivity index (χ4v) is 1.67. The van der Waals surface area contributed by atoms with Crippen molar-refractivity contribution in [2.75, 3.05) is 40.8 Å². The first kappa shape index (κ1) is 14.0. The van der Waals surface area contributed by atoms with Crippen LogP contribution in [0.2, 0.25) is 0 Å². The van der Waals surface area contributed by atoms with Crippen LogP contribution in [0.5, 0.6) is 5.75 Å². The highest BCUT2D eigenvalue weighted by atomic mass is 16.5. The maximum absolute atomic E-state index is 5.63. The Balaban J connectivity index is 2.54. The van der Waals surface area contributed by atoms with Crippen molar-refractivity contribution in [3.05, 3.63) is 29.8 Å². The molecule has 0 atom stereocenters. The standard InChI is InChI=1S/C14H24N2O/c1-5-17-14-9-7-6-8-13(14)12-16(4)11-10-15(2)3/h6-9H,5,10-12H2,1-4H3. The van der Waals surface area contributed by atoms with Gasteiger partial charge in [0.25, 0.3) is 0 Å². The minimum atomic E-state index is 0.721. The van der Waals surface area contributed by atoms with Crippen molar-refractivity contribution in [2.45, 2.75) is 13.5 Å². The van der Waals surface area contributed by atoms with Crippen LogP contribution in [0.3, 0.4) is 0 Å². The lowest BCUT2D eigenvalue weighted by atomic mass is 10.2. The molecule has 0 aliphatic rings. The molecule has 1 aromatic rings. The minimum absolute atomic E-state index is 0.721. The molecule has 17 heavy (non-hydrogen) atoms. The summed E-state index contributed by atoms with van der Waals surface area (Å²) in [7, 11) is 6.34. The highest BCUT2D eigenvalue weighted by Gasteiger charge is 2.06. The number of hydrogen-bond acceptors (Lipinski definition) is 3. The SMILES string of the molecule is CCOc1ccccc1CN(C)CCN(C)C. The Bertz CT molecular complexity index is 326. The van der Waals surface area contributed by atoms with Gasteiger partial charge >= 0.3 is 0 Å². The van der Waals surface area contributed by atoms with Gasteiger partial charge in [0.2, 0.25) is 0 Å². The van der Waals surface area contributed by atoms with Gasteiger partial charge in [-0.15, -0.1) is 0 Å². The molecule has 3 heteroatoms. The van der Waals surface area contributed by atoms with Crippen molar-refractivity contribution in [1.29, 1.82) is 0 Å². The highest BCUT2D eigenvalue weighted by Crippen LogP contribution is 2.19. The van der Waals surface area contributed by atoms with Gasteiger partial charge in [0, 0.05) is 25.2 Å². The maximum Gasteiger partial charge on any atom is 0.123 e. The molecule has 1 aromatic carbocycles. The number of rotatable bonds is 7. The van der Waals surface area contributed by atoms with E-state index in [4.69, 9.17) is 4.74 Å². The predicted molar refractivity (Wildman–Crippen MR) is 72.5 cm³/mol. The lowest BCUT2D eigenvalue weighted by Crippen LogP contribution is -2.28. The maximum atomic E-state index is 5.63. The van der Waals surface area contributed by atoms with Crippen LogP contribution in [-0.2, 0) is 6.54 Å². The van der Waals surface area contributed by atoms with Crippen LogP contribution in [0.4, 0.5) is 0 Å². The van der Waals surface area contributed by atoms with Crippen molar-refractivity contribution < 1.29 is 4.74 Å². The average Bonchev–Trinajstić information content (AvgIpc) is 2.29. The van der Waals surface area contributed by atoms with E-state index in [-0.39, 0.29) is 0 Å². The van der Waals surface area contributed by atoms with Crippen LogP contribution in [0.25, 0.3) is 0 Å². The Morgan fingerprint density at radius 3 is 2.41 bits per heavy atom. The summed E-state index contributed by atoms with van der Waals surface area (Å²) in [4.78, 5) is 4.52. The summed E-state index contributed by atoms with van der Waals surface area (Å²) in [5.74, 6) is 1.01. The van der Waals surface area contributed by atoms with Gasteiger partial charge in [-0.1, -0.05) is 18.2 Å². The molecular formula is C14H24N2O. The van der Waals surface area contributed by atoms with Crippen molar-refractivity contribution in [1.82, 2.24) is 9.80 Å². The monoisotopic (exact) mass is 236 g/mol. The normalized spacial score (nSPS) is 11.2. The molecule has 0 amide bonds.